The third-order valence-corrected chi connectivity index (χ3v) is 2.48. The number of benzene rings is 1. The number of anilines is 1. The van der Waals surface area contributed by atoms with Crippen LogP contribution in [0.4, 0.5) is 5.69 Å². The Morgan fingerprint density at radius 2 is 1.83 bits per heavy atom. The molecule has 0 spiro atoms. The zero-order valence-electron chi connectivity index (χ0n) is 10.1. The number of rotatable bonds is 4. The van der Waals surface area contributed by atoms with E-state index in [9.17, 15) is 4.79 Å². The van der Waals surface area contributed by atoms with E-state index in [1.54, 1.807) is 31.6 Å². The molecule has 18 heavy (non-hydrogen) atoms. The Morgan fingerprint density at radius 3 is 2.44 bits per heavy atom. The summed E-state index contributed by atoms with van der Waals surface area (Å²) >= 11 is 0. The second kappa shape index (κ2) is 5.77. The first-order chi connectivity index (χ1) is 8.79. The van der Waals surface area contributed by atoms with Gasteiger partial charge in [0.05, 0.1) is 0 Å². The molecule has 92 valence electrons. The van der Waals surface area contributed by atoms with E-state index in [2.05, 4.69) is 20.6 Å². The molecular formula is C13H14N4O. The first-order valence-corrected chi connectivity index (χ1v) is 5.59. The van der Waals surface area contributed by atoms with Crippen LogP contribution in [0.2, 0.25) is 0 Å². The van der Waals surface area contributed by atoms with Crippen molar-refractivity contribution in [3.8, 4) is 0 Å². The van der Waals surface area contributed by atoms with Crippen LogP contribution in [0.5, 0.6) is 0 Å². The van der Waals surface area contributed by atoms with Crippen molar-refractivity contribution in [1.82, 2.24) is 15.3 Å². The first kappa shape index (κ1) is 12.0. The van der Waals surface area contributed by atoms with Gasteiger partial charge in [-0.2, -0.15) is 0 Å². The highest BCUT2D eigenvalue weighted by Gasteiger charge is 2.01. The molecule has 0 atom stereocenters. The largest absolute Gasteiger partial charge is 0.381 e. The van der Waals surface area contributed by atoms with Gasteiger partial charge >= 0.3 is 0 Å². The predicted molar refractivity (Wildman–Crippen MR) is 69.2 cm³/mol. The second-order valence-corrected chi connectivity index (χ2v) is 3.76. The van der Waals surface area contributed by atoms with Gasteiger partial charge in [-0.05, 0) is 24.3 Å². The Morgan fingerprint density at radius 1 is 1.17 bits per heavy atom. The third-order valence-electron chi connectivity index (χ3n) is 2.48. The standard InChI is InChI=1S/C13H14N4O/c1-14-13(18)11-2-4-12(5-3-11)17-8-10-6-15-9-16-7-10/h2-7,9,17H,8H2,1H3,(H,14,18). The Hall–Kier alpha value is -2.43. The summed E-state index contributed by atoms with van der Waals surface area (Å²) in [6.45, 7) is 0.653. The molecule has 1 amide bonds. The number of aromatic nitrogens is 2. The molecule has 0 aliphatic carbocycles. The lowest BCUT2D eigenvalue weighted by molar-refractivity contribution is 0.0963. The summed E-state index contributed by atoms with van der Waals surface area (Å²) in [5, 5.41) is 5.82. The quantitative estimate of drug-likeness (QED) is 0.851. The molecule has 0 unspecified atom stereocenters. The number of hydrogen-bond donors (Lipinski definition) is 2. The summed E-state index contributed by atoms with van der Waals surface area (Å²) in [7, 11) is 1.61. The molecule has 2 aromatic rings. The van der Waals surface area contributed by atoms with E-state index in [1.165, 1.54) is 6.33 Å². The molecule has 1 heterocycles. The number of carbonyl (C=O) groups is 1. The first-order valence-electron chi connectivity index (χ1n) is 5.59. The molecule has 5 heteroatoms. The van der Waals surface area contributed by atoms with E-state index < -0.39 is 0 Å². The highest BCUT2D eigenvalue weighted by atomic mass is 16.1. The SMILES string of the molecule is CNC(=O)c1ccc(NCc2cncnc2)cc1. The summed E-state index contributed by atoms with van der Waals surface area (Å²) in [4.78, 5) is 19.2. The van der Waals surface area contributed by atoms with E-state index in [0.29, 0.717) is 12.1 Å². The summed E-state index contributed by atoms with van der Waals surface area (Å²) in [5.74, 6) is -0.0852. The average molecular weight is 242 g/mol. The topological polar surface area (TPSA) is 66.9 Å². The summed E-state index contributed by atoms with van der Waals surface area (Å²) in [6, 6.07) is 7.30. The molecule has 0 aliphatic heterocycles. The van der Waals surface area contributed by atoms with Gasteiger partial charge in [-0.25, -0.2) is 9.97 Å². The molecule has 0 bridgehead atoms. The maximum absolute atomic E-state index is 11.4. The summed E-state index contributed by atoms with van der Waals surface area (Å²) in [6.07, 6.45) is 5.03. The van der Waals surface area contributed by atoms with Crippen LogP contribution in [0.3, 0.4) is 0 Å². The fourth-order valence-corrected chi connectivity index (χ4v) is 1.51. The normalized spacial score (nSPS) is 9.83. The molecule has 0 saturated carbocycles. The zero-order chi connectivity index (χ0) is 12.8. The maximum atomic E-state index is 11.4. The fraction of sp³-hybridized carbons (Fsp3) is 0.154. The molecule has 0 saturated heterocycles. The Kier molecular flexibility index (Phi) is 3.86. The molecule has 1 aromatic heterocycles. The number of amides is 1. The van der Waals surface area contributed by atoms with Crippen LogP contribution in [-0.2, 0) is 6.54 Å². The van der Waals surface area contributed by atoms with E-state index in [0.717, 1.165) is 11.3 Å². The van der Waals surface area contributed by atoms with Gasteiger partial charge in [0.15, 0.2) is 0 Å². The van der Waals surface area contributed by atoms with Crippen molar-refractivity contribution in [2.75, 3.05) is 12.4 Å². The molecule has 1 aromatic carbocycles. The summed E-state index contributed by atoms with van der Waals surface area (Å²) < 4.78 is 0. The number of hydrogen-bond acceptors (Lipinski definition) is 4. The molecule has 5 nitrogen and oxygen atoms in total. The van der Waals surface area contributed by atoms with Gasteiger partial charge in [-0.3, -0.25) is 4.79 Å². The van der Waals surface area contributed by atoms with Gasteiger partial charge in [-0.15, -0.1) is 0 Å². The van der Waals surface area contributed by atoms with Crippen molar-refractivity contribution >= 4 is 11.6 Å². The average Bonchev–Trinajstić information content (AvgIpc) is 2.46. The minimum absolute atomic E-state index is 0.0852. The lowest BCUT2D eigenvalue weighted by Crippen LogP contribution is -2.17. The molecular weight excluding hydrogens is 228 g/mol. The van der Waals surface area contributed by atoms with Crippen molar-refractivity contribution in [2.45, 2.75) is 6.54 Å². The summed E-state index contributed by atoms with van der Waals surface area (Å²) in [5.41, 5.74) is 2.60. The van der Waals surface area contributed by atoms with Crippen LogP contribution in [0, 0.1) is 0 Å². The van der Waals surface area contributed by atoms with Crippen LogP contribution in [0.1, 0.15) is 15.9 Å². The number of nitrogens with one attached hydrogen (secondary N) is 2. The maximum Gasteiger partial charge on any atom is 0.251 e. The number of carbonyl (C=O) groups excluding carboxylic acids is 1. The van der Waals surface area contributed by atoms with Crippen molar-refractivity contribution in [2.24, 2.45) is 0 Å². The van der Waals surface area contributed by atoms with Crippen molar-refractivity contribution in [3.05, 3.63) is 54.1 Å². The highest BCUT2D eigenvalue weighted by molar-refractivity contribution is 5.94. The Balaban J connectivity index is 1.97. The minimum atomic E-state index is -0.0852. The van der Waals surface area contributed by atoms with Crippen LogP contribution < -0.4 is 10.6 Å². The van der Waals surface area contributed by atoms with Gasteiger partial charge in [0.25, 0.3) is 5.91 Å². The van der Waals surface area contributed by atoms with E-state index in [4.69, 9.17) is 0 Å². The highest BCUT2D eigenvalue weighted by Crippen LogP contribution is 2.10. The van der Waals surface area contributed by atoms with Crippen LogP contribution in [0.15, 0.2) is 43.0 Å². The molecule has 2 rings (SSSR count). The minimum Gasteiger partial charge on any atom is -0.381 e. The number of nitrogens with zero attached hydrogens (tertiary/aromatic N) is 2. The predicted octanol–water partition coefficient (Wildman–Crippen LogP) is 1.45. The lowest BCUT2D eigenvalue weighted by Gasteiger charge is -2.06. The third kappa shape index (κ3) is 3.04. The van der Waals surface area contributed by atoms with Gasteiger partial charge in [0.2, 0.25) is 0 Å². The lowest BCUT2D eigenvalue weighted by atomic mass is 10.2. The van der Waals surface area contributed by atoms with Gasteiger partial charge in [0, 0.05) is 42.8 Å². The molecule has 0 aliphatic rings. The molecule has 2 N–H and O–H groups in total. The van der Waals surface area contributed by atoms with Gasteiger partial charge < -0.3 is 10.6 Å². The van der Waals surface area contributed by atoms with Crippen molar-refractivity contribution in [1.29, 1.82) is 0 Å². The second-order valence-electron chi connectivity index (χ2n) is 3.76. The Bertz CT molecular complexity index is 510. The van der Waals surface area contributed by atoms with Gasteiger partial charge in [-0.1, -0.05) is 0 Å². The zero-order valence-corrected chi connectivity index (χ0v) is 10.1. The fourth-order valence-electron chi connectivity index (χ4n) is 1.51. The van der Waals surface area contributed by atoms with E-state index in [1.807, 2.05) is 12.1 Å². The Labute approximate surface area is 105 Å². The van der Waals surface area contributed by atoms with Crippen LogP contribution in [-0.4, -0.2) is 22.9 Å². The molecule has 0 fully saturated rings. The van der Waals surface area contributed by atoms with Crippen LogP contribution in [0.25, 0.3) is 0 Å². The monoisotopic (exact) mass is 242 g/mol. The van der Waals surface area contributed by atoms with Crippen LogP contribution >= 0.6 is 0 Å². The smallest absolute Gasteiger partial charge is 0.251 e. The van der Waals surface area contributed by atoms with E-state index in [-0.39, 0.29) is 5.91 Å². The molecule has 0 radical (unpaired) electrons. The van der Waals surface area contributed by atoms with Crippen molar-refractivity contribution < 1.29 is 4.79 Å². The van der Waals surface area contributed by atoms with Crippen molar-refractivity contribution in [3.63, 3.8) is 0 Å². The van der Waals surface area contributed by atoms with Gasteiger partial charge in [0.1, 0.15) is 6.33 Å². The van der Waals surface area contributed by atoms with E-state index >= 15 is 0 Å².